The summed E-state index contributed by atoms with van der Waals surface area (Å²) in [6, 6.07) is 0.745. The highest BCUT2D eigenvalue weighted by molar-refractivity contribution is 4.89. The molecule has 4 nitrogen and oxygen atoms in total. The third kappa shape index (κ3) is 7.54. The van der Waals surface area contributed by atoms with Crippen molar-refractivity contribution in [3.05, 3.63) is 0 Å². The zero-order valence-electron chi connectivity index (χ0n) is 18.1. The normalized spacial score (nSPS) is 21.5. The summed E-state index contributed by atoms with van der Waals surface area (Å²) < 4.78 is 1.90. The van der Waals surface area contributed by atoms with Crippen molar-refractivity contribution < 1.29 is 19.2 Å². The Labute approximate surface area is 157 Å². The molecule has 0 radical (unpaired) electrons. The van der Waals surface area contributed by atoms with Gasteiger partial charge in [0.05, 0.1) is 53.5 Å². The quantitative estimate of drug-likeness (QED) is 0.466. The minimum absolute atomic E-state index is 0.199. The molecule has 0 aromatic carbocycles. The van der Waals surface area contributed by atoms with Gasteiger partial charge in [0, 0.05) is 25.7 Å². The second-order valence-electron chi connectivity index (χ2n) is 11.0. The van der Waals surface area contributed by atoms with Crippen LogP contribution in [0.4, 0.5) is 0 Å². The predicted octanol–water partition coefficient (Wildman–Crippen LogP) is 2.88. The van der Waals surface area contributed by atoms with Gasteiger partial charge in [-0.15, -0.1) is 0 Å². The molecule has 1 fully saturated rings. The largest absolute Gasteiger partial charge is 0.391 e. The van der Waals surface area contributed by atoms with Gasteiger partial charge < -0.3 is 19.2 Å². The minimum atomic E-state index is 0.199. The molecule has 0 spiro atoms. The molecule has 0 unspecified atom stereocenters. The monoisotopic (exact) mass is 358 g/mol. The number of nitrogens with zero attached hydrogens (tertiary/aromatic N) is 2. The Kier molecular flexibility index (Phi) is 7.95. The molecule has 0 aromatic rings. The molecule has 0 heterocycles. The SMILES string of the molecule is CC1(C)CC([N+](C)(C)CCCC[N+](C)(CCO)CCO)CC(C)(C)C1. The standard InChI is InChI=1S/C21H46N2O2/c1-20(2)16-19(17-21(3,4)18-20)22(5,6)10-8-9-11-23(7,12-14-24)13-15-25/h19,24-25H,8-18H2,1-7H3/q+2. The van der Waals surface area contributed by atoms with E-state index >= 15 is 0 Å². The molecule has 150 valence electrons. The molecule has 0 aromatic heterocycles. The molecular weight excluding hydrogens is 312 g/mol. The van der Waals surface area contributed by atoms with Crippen LogP contribution >= 0.6 is 0 Å². The Morgan fingerprint density at radius 2 is 1.20 bits per heavy atom. The van der Waals surface area contributed by atoms with Crippen LogP contribution in [-0.2, 0) is 0 Å². The lowest BCUT2D eigenvalue weighted by molar-refractivity contribution is -0.921. The number of unbranched alkanes of at least 4 members (excludes halogenated alkanes) is 1. The van der Waals surface area contributed by atoms with Gasteiger partial charge in [0.25, 0.3) is 0 Å². The van der Waals surface area contributed by atoms with E-state index in [0.717, 1.165) is 41.1 Å². The van der Waals surface area contributed by atoms with Crippen LogP contribution in [0.3, 0.4) is 0 Å². The predicted molar refractivity (Wildman–Crippen MR) is 106 cm³/mol. The molecule has 2 N–H and O–H groups in total. The molecule has 25 heavy (non-hydrogen) atoms. The summed E-state index contributed by atoms with van der Waals surface area (Å²) in [6.45, 7) is 13.9. The van der Waals surface area contributed by atoms with Crippen LogP contribution in [0.5, 0.6) is 0 Å². The highest BCUT2D eigenvalue weighted by Crippen LogP contribution is 2.48. The molecule has 1 rings (SSSR count). The van der Waals surface area contributed by atoms with Crippen molar-refractivity contribution in [3.8, 4) is 0 Å². The lowest BCUT2D eigenvalue weighted by atomic mass is 9.63. The Morgan fingerprint density at radius 3 is 1.64 bits per heavy atom. The average molecular weight is 359 g/mol. The lowest BCUT2D eigenvalue weighted by Gasteiger charge is -2.50. The third-order valence-electron chi connectivity index (χ3n) is 6.48. The fourth-order valence-corrected chi connectivity index (χ4v) is 5.30. The summed E-state index contributed by atoms with van der Waals surface area (Å²) in [5.41, 5.74) is 0.888. The number of hydrogen-bond acceptors (Lipinski definition) is 2. The first kappa shape index (κ1) is 22.9. The fraction of sp³-hybridized carbons (Fsp3) is 1.00. The number of hydrogen-bond donors (Lipinski definition) is 2. The molecule has 0 atom stereocenters. The van der Waals surface area contributed by atoms with Crippen LogP contribution in [0.2, 0.25) is 0 Å². The van der Waals surface area contributed by atoms with Crippen LogP contribution in [0.15, 0.2) is 0 Å². The van der Waals surface area contributed by atoms with E-state index in [0.29, 0.717) is 10.8 Å². The minimum Gasteiger partial charge on any atom is -0.391 e. The number of aliphatic hydroxyl groups excluding tert-OH is 2. The average Bonchev–Trinajstić information content (AvgIpc) is 2.41. The van der Waals surface area contributed by atoms with E-state index in [2.05, 4.69) is 48.8 Å². The highest BCUT2D eigenvalue weighted by atomic mass is 16.3. The van der Waals surface area contributed by atoms with Crippen LogP contribution in [0.1, 0.15) is 59.8 Å². The Bertz CT molecular complexity index is 383. The number of quaternary nitrogens is 2. The van der Waals surface area contributed by atoms with E-state index in [-0.39, 0.29) is 13.2 Å². The van der Waals surface area contributed by atoms with Gasteiger partial charge in [0.1, 0.15) is 13.1 Å². The Hall–Kier alpha value is -0.160. The van der Waals surface area contributed by atoms with Crippen molar-refractivity contribution in [2.75, 3.05) is 60.5 Å². The molecule has 1 aliphatic carbocycles. The van der Waals surface area contributed by atoms with Crippen molar-refractivity contribution in [2.45, 2.75) is 65.8 Å². The van der Waals surface area contributed by atoms with Crippen molar-refractivity contribution in [1.29, 1.82) is 0 Å². The van der Waals surface area contributed by atoms with Gasteiger partial charge >= 0.3 is 0 Å². The zero-order valence-corrected chi connectivity index (χ0v) is 18.1. The maximum Gasteiger partial charge on any atom is 0.102 e. The Morgan fingerprint density at radius 1 is 0.760 bits per heavy atom. The first-order valence-corrected chi connectivity index (χ1v) is 10.2. The zero-order chi connectivity index (χ0) is 19.4. The summed E-state index contributed by atoms with van der Waals surface area (Å²) in [4.78, 5) is 0. The summed E-state index contributed by atoms with van der Waals surface area (Å²) in [5, 5.41) is 18.6. The number of likely N-dealkylation sites (N-methyl/N-ethyl adjacent to an activating group) is 1. The molecule has 0 bridgehead atoms. The highest BCUT2D eigenvalue weighted by Gasteiger charge is 2.44. The summed E-state index contributed by atoms with van der Waals surface area (Å²) in [7, 11) is 6.98. The molecule has 0 saturated heterocycles. The van der Waals surface area contributed by atoms with Crippen molar-refractivity contribution in [3.63, 3.8) is 0 Å². The summed E-state index contributed by atoms with van der Waals surface area (Å²) in [5.74, 6) is 0. The van der Waals surface area contributed by atoms with E-state index in [1.54, 1.807) is 0 Å². The van der Waals surface area contributed by atoms with Crippen LogP contribution in [0, 0.1) is 10.8 Å². The fourth-order valence-electron chi connectivity index (χ4n) is 5.30. The van der Waals surface area contributed by atoms with Crippen molar-refractivity contribution in [2.24, 2.45) is 10.8 Å². The topological polar surface area (TPSA) is 40.5 Å². The molecule has 1 aliphatic rings. The first-order valence-electron chi connectivity index (χ1n) is 10.2. The second kappa shape index (κ2) is 8.69. The molecule has 4 heteroatoms. The van der Waals surface area contributed by atoms with Gasteiger partial charge in [0.15, 0.2) is 0 Å². The van der Waals surface area contributed by atoms with Gasteiger partial charge in [-0.2, -0.15) is 0 Å². The van der Waals surface area contributed by atoms with E-state index in [4.69, 9.17) is 0 Å². The van der Waals surface area contributed by atoms with Crippen molar-refractivity contribution in [1.82, 2.24) is 0 Å². The smallest absolute Gasteiger partial charge is 0.102 e. The third-order valence-corrected chi connectivity index (χ3v) is 6.48. The van der Waals surface area contributed by atoms with Gasteiger partial charge in [-0.25, -0.2) is 0 Å². The number of aliphatic hydroxyl groups is 2. The van der Waals surface area contributed by atoms with Crippen LogP contribution in [-0.4, -0.2) is 85.8 Å². The van der Waals surface area contributed by atoms with Crippen LogP contribution < -0.4 is 0 Å². The maximum atomic E-state index is 9.28. The molecule has 1 saturated carbocycles. The molecule has 0 aliphatic heterocycles. The van der Waals surface area contributed by atoms with Gasteiger partial charge in [0.2, 0.25) is 0 Å². The lowest BCUT2D eigenvalue weighted by Crippen LogP contribution is -2.55. The van der Waals surface area contributed by atoms with E-state index in [1.165, 1.54) is 32.2 Å². The van der Waals surface area contributed by atoms with E-state index in [9.17, 15) is 10.2 Å². The van der Waals surface area contributed by atoms with E-state index < -0.39 is 0 Å². The van der Waals surface area contributed by atoms with Crippen LogP contribution in [0.25, 0.3) is 0 Å². The molecule has 0 amide bonds. The Balaban J connectivity index is 2.55. The molecular formula is C21H46N2O2+2. The summed E-state index contributed by atoms with van der Waals surface area (Å²) >= 11 is 0. The van der Waals surface area contributed by atoms with Gasteiger partial charge in [-0.1, -0.05) is 27.7 Å². The number of rotatable bonds is 10. The van der Waals surface area contributed by atoms with Gasteiger partial charge in [-0.3, -0.25) is 0 Å². The first-order chi connectivity index (χ1) is 11.3. The summed E-state index contributed by atoms with van der Waals surface area (Å²) in [6.07, 6.45) is 6.36. The second-order valence-corrected chi connectivity index (χ2v) is 11.0. The van der Waals surface area contributed by atoms with Gasteiger partial charge in [-0.05, 0) is 17.3 Å². The van der Waals surface area contributed by atoms with Crippen molar-refractivity contribution >= 4 is 0 Å². The maximum absolute atomic E-state index is 9.28. The van der Waals surface area contributed by atoms with E-state index in [1.807, 2.05) is 0 Å².